The average molecular weight is 429 g/mol. The summed E-state index contributed by atoms with van der Waals surface area (Å²) in [6.45, 7) is 11.7. The minimum Gasteiger partial charge on any atom is -0.340 e. The molecular weight excluding hydrogens is 392 g/mol. The monoisotopic (exact) mass is 428 g/mol. The van der Waals surface area contributed by atoms with Crippen LogP contribution >= 0.6 is 12.4 Å². The van der Waals surface area contributed by atoms with Crippen molar-refractivity contribution in [3.8, 4) is 0 Å². The first-order chi connectivity index (χ1) is 12.9. The molecule has 1 saturated carbocycles. The molecule has 2 saturated heterocycles. The van der Waals surface area contributed by atoms with Gasteiger partial charge in [-0.3, -0.25) is 14.5 Å². The molecule has 3 aliphatic rings. The predicted molar refractivity (Wildman–Crippen MR) is 115 cm³/mol. The van der Waals surface area contributed by atoms with Crippen LogP contribution < -0.4 is 11.1 Å². The Morgan fingerprint density at radius 1 is 1.17 bits per heavy atom. The van der Waals surface area contributed by atoms with Gasteiger partial charge in [0.2, 0.25) is 5.91 Å². The zero-order valence-corrected chi connectivity index (χ0v) is 19.2. The summed E-state index contributed by atoms with van der Waals surface area (Å²) < 4.78 is 0. The number of imide groups is 1. The third-order valence-electron chi connectivity index (χ3n) is 7.27. The maximum absolute atomic E-state index is 13.1. The molecule has 1 unspecified atom stereocenters. The number of amides is 4. The third-order valence-corrected chi connectivity index (χ3v) is 7.27. The van der Waals surface area contributed by atoms with E-state index in [2.05, 4.69) is 26.1 Å². The normalized spacial score (nSPS) is 32.2. The average Bonchev–Trinajstić information content (AvgIpc) is 2.81. The van der Waals surface area contributed by atoms with Crippen molar-refractivity contribution in [1.82, 2.24) is 15.1 Å². The summed E-state index contributed by atoms with van der Waals surface area (Å²) in [5.74, 6) is 0.133. The molecule has 7 nitrogen and oxygen atoms in total. The minimum atomic E-state index is -0.817. The van der Waals surface area contributed by atoms with Crippen molar-refractivity contribution >= 4 is 30.3 Å². The van der Waals surface area contributed by atoms with Crippen LogP contribution in [0.1, 0.15) is 66.7 Å². The van der Waals surface area contributed by atoms with Gasteiger partial charge < -0.3 is 16.0 Å². The molecule has 8 heteroatoms. The van der Waals surface area contributed by atoms with Gasteiger partial charge in [0.15, 0.2) is 0 Å². The fourth-order valence-corrected chi connectivity index (χ4v) is 4.96. The van der Waals surface area contributed by atoms with Crippen molar-refractivity contribution in [1.29, 1.82) is 0 Å². The van der Waals surface area contributed by atoms with Gasteiger partial charge in [-0.15, -0.1) is 12.4 Å². The zero-order chi connectivity index (χ0) is 20.9. The van der Waals surface area contributed by atoms with Crippen molar-refractivity contribution in [2.45, 2.75) is 78.3 Å². The van der Waals surface area contributed by atoms with Crippen LogP contribution in [0.5, 0.6) is 0 Å². The van der Waals surface area contributed by atoms with Crippen LogP contribution in [-0.4, -0.2) is 58.9 Å². The molecule has 1 aliphatic carbocycles. The van der Waals surface area contributed by atoms with Crippen molar-refractivity contribution in [3.05, 3.63) is 0 Å². The van der Waals surface area contributed by atoms with E-state index in [-0.39, 0.29) is 47.6 Å². The summed E-state index contributed by atoms with van der Waals surface area (Å²) in [5.41, 5.74) is 5.36. The van der Waals surface area contributed by atoms with E-state index in [1.54, 1.807) is 4.90 Å². The number of halogens is 1. The highest BCUT2D eigenvalue weighted by atomic mass is 35.5. The van der Waals surface area contributed by atoms with Crippen LogP contribution in [0.2, 0.25) is 0 Å². The van der Waals surface area contributed by atoms with Crippen molar-refractivity contribution < 1.29 is 14.4 Å². The van der Waals surface area contributed by atoms with Gasteiger partial charge in [0.05, 0.1) is 0 Å². The van der Waals surface area contributed by atoms with Gasteiger partial charge in [0, 0.05) is 19.1 Å². The fourth-order valence-electron chi connectivity index (χ4n) is 4.96. The van der Waals surface area contributed by atoms with Gasteiger partial charge >= 0.3 is 6.03 Å². The van der Waals surface area contributed by atoms with Crippen LogP contribution in [0, 0.1) is 16.7 Å². The van der Waals surface area contributed by atoms with Crippen molar-refractivity contribution in [3.63, 3.8) is 0 Å². The highest BCUT2D eigenvalue weighted by Gasteiger charge is 2.53. The van der Waals surface area contributed by atoms with Crippen molar-refractivity contribution in [2.24, 2.45) is 22.5 Å². The lowest BCUT2D eigenvalue weighted by atomic mass is 9.67. The molecule has 2 heterocycles. The standard InChI is InChI=1S/C21H36N4O3.ClH/c1-19(2,3)14-6-9-21(10-7-14)17(27)25(18(28)23-21)12-16(26)24-11-8-15(22)20(4,5)13-24;/h14-15H,6-13,22H2,1-5H3,(H,23,28);1H. The second-order valence-electron chi connectivity index (χ2n) is 10.7. The van der Waals surface area contributed by atoms with E-state index in [4.69, 9.17) is 5.73 Å². The Morgan fingerprint density at radius 2 is 1.76 bits per heavy atom. The number of likely N-dealkylation sites (tertiary alicyclic amines) is 1. The van der Waals surface area contributed by atoms with Crippen LogP contribution in [-0.2, 0) is 9.59 Å². The molecule has 166 valence electrons. The van der Waals surface area contributed by atoms with Gasteiger partial charge in [0.1, 0.15) is 12.1 Å². The number of hydrogen-bond acceptors (Lipinski definition) is 4. The third kappa shape index (κ3) is 4.55. The summed E-state index contributed by atoms with van der Waals surface area (Å²) in [5, 5.41) is 2.92. The number of nitrogens with one attached hydrogen (secondary N) is 1. The van der Waals surface area contributed by atoms with E-state index >= 15 is 0 Å². The molecule has 3 fully saturated rings. The summed E-state index contributed by atoms with van der Waals surface area (Å²) >= 11 is 0. The number of rotatable bonds is 2. The van der Waals surface area contributed by atoms with Gasteiger partial charge in [-0.1, -0.05) is 34.6 Å². The molecule has 0 bridgehead atoms. The molecule has 3 N–H and O–H groups in total. The van der Waals surface area contributed by atoms with Gasteiger partial charge in [-0.25, -0.2) is 4.79 Å². The summed E-state index contributed by atoms with van der Waals surface area (Å²) in [6.07, 6.45) is 3.85. The molecule has 3 rings (SSSR count). The predicted octanol–water partition coefficient (Wildman–Crippen LogP) is 2.52. The van der Waals surface area contributed by atoms with E-state index in [0.717, 1.165) is 24.2 Å². The van der Waals surface area contributed by atoms with Crippen LogP contribution in [0.25, 0.3) is 0 Å². The molecule has 2 aliphatic heterocycles. The Hall–Kier alpha value is -1.34. The van der Waals surface area contributed by atoms with E-state index < -0.39 is 11.6 Å². The molecule has 29 heavy (non-hydrogen) atoms. The maximum Gasteiger partial charge on any atom is 0.325 e. The highest BCUT2D eigenvalue weighted by molar-refractivity contribution is 6.09. The fraction of sp³-hybridized carbons (Fsp3) is 0.857. The lowest BCUT2D eigenvalue weighted by Crippen LogP contribution is -2.56. The smallest absolute Gasteiger partial charge is 0.325 e. The molecule has 1 spiro atoms. The summed E-state index contributed by atoms with van der Waals surface area (Å²) in [7, 11) is 0. The maximum atomic E-state index is 13.1. The van der Waals surface area contributed by atoms with Gasteiger partial charge in [-0.05, 0) is 48.9 Å². The number of hydrogen-bond donors (Lipinski definition) is 2. The number of carbonyl (C=O) groups is 3. The number of carbonyl (C=O) groups excluding carboxylic acids is 3. The minimum absolute atomic E-state index is 0. The number of nitrogens with two attached hydrogens (primary N) is 1. The number of nitrogens with zero attached hydrogens (tertiary/aromatic N) is 2. The molecule has 4 amide bonds. The van der Waals surface area contributed by atoms with E-state index in [0.29, 0.717) is 31.8 Å². The molecule has 0 radical (unpaired) electrons. The highest BCUT2D eigenvalue weighted by Crippen LogP contribution is 2.43. The lowest BCUT2D eigenvalue weighted by Gasteiger charge is -2.43. The largest absolute Gasteiger partial charge is 0.340 e. The first kappa shape index (κ1) is 23.9. The Kier molecular flexibility index (Phi) is 6.65. The molecule has 0 aromatic carbocycles. The van der Waals surface area contributed by atoms with Crippen LogP contribution in [0.3, 0.4) is 0 Å². The van der Waals surface area contributed by atoms with Crippen molar-refractivity contribution in [2.75, 3.05) is 19.6 Å². The van der Waals surface area contributed by atoms with Gasteiger partial charge in [0.25, 0.3) is 5.91 Å². The summed E-state index contributed by atoms with van der Waals surface area (Å²) in [4.78, 5) is 41.3. The van der Waals surface area contributed by atoms with E-state index in [1.807, 2.05) is 13.8 Å². The number of piperidine rings is 1. The number of urea groups is 1. The zero-order valence-electron chi connectivity index (χ0n) is 18.4. The van der Waals surface area contributed by atoms with Crippen LogP contribution in [0.15, 0.2) is 0 Å². The SMILES string of the molecule is CC(C)(C)C1CCC2(CC1)NC(=O)N(CC(=O)N1CCC(N)C(C)(C)C1)C2=O.Cl. The molecule has 1 atom stereocenters. The second-order valence-corrected chi connectivity index (χ2v) is 10.7. The Morgan fingerprint density at radius 3 is 2.28 bits per heavy atom. The first-order valence-corrected chi connectivity index (χ1v) is 10.5. The van der Waals surface area contributed by atoms with Crippen LogP contribution in [0.4, 0.5) is 4.79 Å². The Labute approximate surface area is 180 Å². The molecule has 0 aromatic rings. The Balaban J connectivity index is 0.00000300. The molecule has 0 aromatic heterocycles. The van der Waals surface area contributed by atoms with Gasteiger partial charge in [-0.2, -0.15) is 0 Å². The first-order valence-electron chi connectivity index (χ1n) is 10.5. The molecular formula is C21H37ClN4O3. The lowest BCUT2D eigenvalue weighted by molar-refractivity contribution is -0.141. The topological polar surface area (TPSA) is 95.7 Å². The quantitative estimate of drug-likeness (QED) is 0.660. The Bertz CT molecular complexity index is 665. The van der Waals surface area contributed by atoms with E-state index in [1.165, 1.54) is 0 Å². The summed E-state index contributed by atoms with van der Waals surface area (Å²) in [6, 6.07) is -0.380. The van der Waals surface area contributed by atoms with E-state index in [9.17, 15) is 14.4 Å². The second kappa shape index (κ2) is 8.06.